The molecule has 2 unspecified atom stereocenters. The van der Waals surface area contributed by atoms with Gasteiger partial charge >= 0.3 is 5.97 Å². The van der Waals surface area contributed by atoms with E-state index in [1.807, 2.05) is 37.3 Å². The fourth-order valence-corrected chi connectivity index (χ4v) is 4.69. The van der Waals surface area contributed by atoms with Crippen LogP contribution in [0.25, 0.3) is 10.8 Å². The maximum absolute atomic E-state index is 11.8. The number of ether oxygens (including phenoxy) is 1. The molecule has 0 amide bonds. The summed E-state index contributed by atoms with van der Waals surface area (Å²) in [7, 11) is 0. The lowest BCUT2D eigenvalue weighted by Gasteiger charge is -2.38. The number of likely N-dealkylation sites (tertiary alicyclic amines) is 1. The molecule has 0 aliphatic carbocycles. The highest BCUT2D eigenvalue weighted by atomic mass is 35.5. The average molecular weight is 424 g/mol. The predicted octanol–water partition coefficient (Wildman–Crippen LogP) is 5.78. The second-order valence-corrected chi connectivity index (χ2v) is 8.19. The molecule has 156 valence electrons. The van der Waals surface area contributed by atoms with Crippen LogP contribution in [-0.4, -0.2) is 35.7 Å². The molecule has 1 saturated heterocycles. The molecule has 1 aliphatic heterocycles. The number of carbonyl (C=O) groups is 1. The fraction of sp³-hybridized carbons (Fsp3) is 0.320. The highest BCUT2D eigenvalue weighted by molar-refractivity contribution is 6.30. The number of nitrogens with zero attached hydrogens (tertiary/aromatic N) is 1. The van der Waals surface area contributed by atoms with E-state index in [0.29, 0.717) is 24.6 Å². The van der Waals surface area contributed by atoms with Crippen molar-refractivity contribution in [3.63, 3.8) is 0 Å². The Kier molecular flexibility index (Phi) is 6.26. The molecule has 1 fully saturated rings. The third kappa shape index (κ3) is 4.16. The minimum atomic E-state index is -0.729. The third-order valence-corrected chi connectivity index (χ3v) is 6.09. The molecule has 30 heavy (non-hydrogen) atoms. The van der Waals surface area contributed by atoms with E-state index < -0.39 is 5.97 Å². The van der Waals surface area contributed by atoms with Crippen molar-refractivity contribution in [2.24, 2.45) is 5.92 Å². The van der Waals surface area contributed by atoms with Crippen LogP contribution in [0.5, 0.6) is 5.75 Å². The van der Waals surface area contributed by atoms with E-state index in [2.05, 4.69) is 35.2 Å². The van der Waals surface area contributed by atoms with Gasteiger partial charge in [0.05, 0.1) is 18.6 Å². The molecule has 0 saturated carbocycles. The van der Waals surface area contributed by atoms with Gasteiger partial charge in [0.25, 0.3) is 0 Å². The molecule has 3 aromatic carbocycles. The number of halogens is 1. The first kappa shape index (κ1) is 20.7. The number of fused-ring (bicyclic) bond motifs is 1. The maximum atomic E-state index is 11.8. The van der Waals surface area contributed by atoms with Crippen LogP contribution in [0.3, 0.4) is 0 Å². The summed E-state index contributed by atoms with van der Waals surface area (Å²) in [5.41, 5.74) is 2.12. The molecule has 5 heteroatoms. The summed E-state index contributed by atoms with van der Waals surface area (Å²) in [6.07, 6.45) is 1.56. The molecular formula is C25H26ClNO3. The number of hydrogen-bond acceptors (Lipinski definition) is 3. The van der Waals surface area contributed by atoms with Crippen LogP contribution in [0.15, 0.2) is 60.7 Å². The lowest BCUT2D eigenvalue weighted by Crippen LogP contribution is -2.41. The Balaban J connectivity index is 1.90. The van der Waals surface area contributed by atoms with Gasteiger partial charge in [-0.3, -0.25) is 9.69 Å². The van der Waals surface area contributed by atoms with Crippen LogP contribution in [0.4, 0.5) is 0 Å². The lowest BCUT2D eigenvalue weighted by atomic mass is 9.88. The maximum Gasteiger partial charge on any atom is 0.307 e. The molecule has 0 aromatic heterocycles. The second kappa shape index (κ2) is 9.07. The average Bonchev–Trinajstić information content (AvgIpc) is 2.76. The summed E-state index contributed by atoms with van der Waals surface area (Å²) in [4.78, 5) is 14.0. The summed E-state index contributed by atoms with van der Waals surface area (Å²) in [6, 6.07) is 20.2. The Morgan fingerprint density at radius 1 is 1.17 bits per heavy atom. The Morgan fingerprint density at radius 3 is 2.77 bits per heavy atom. The molecule has 0 spiro atoms. The van der Waals surface area contributed by atoms with E-state index in [9.17, 15) is 9.90 Å². The van der Waals surface area contributed by atoms with E-state index >= 15 is 0 Å². The van der Waals surface area contributed by atoms with Crippen molar-refractivity contribution in [3.05, 3.63) is 76.8 Å². The van der Waals surface area contributed by atoms with Gasteiger partial charge in [-0.2, -0.15) is 0 Å². The molecule has 1 heterocycles. The van der Waals surface area contributed by atoms with Crippen LogP contribution in [0.2, 0.25) is 5.02 Å². The molecule has 1 aliphatic rings. The van der Waals surface area contributed by atoms with Gasteiger partial charge in [-0.05, 0) is 60.8 Å². The molecule has 0 radical (unpaired) electrons. The number of hydrogen-bond donors (Lipinski definition) is 1. The van der Waals surface area contributed by atoms with E-state index in [1.165, 1.54) is 0 Å². The van der Waals surface area contributed by atoms with Crippen molar-refractivity contribution in [3.8, 4) is 5.75 Å². The van der Waals surface area contributed by atoms with Crippen LogP contribution in [0.1, 0.15) is 36.9 Å². The Labute approximate surface area is 182 Å². The summed E-state index contributed by atoms with van der Waals surface area (Å²) < 4.78 is 5.97. The van der Waals surface area contributed by atoms with Crippen molar-refractivity contribution in [2.75, 3.05) is 19.7 Å². The van der Waals surface area contributed by atoms with Crippen LogP contribution < -0.4 is 4.74 Å². The zero-order valence-corrected chi connectivity index (χ0v) is 17.8. The Bertz CT molecular complexity index is 1050. The minimum Gasteiger partial charge on any atom is -0.494 e. The normalized spacial score (nSPS) is 18.3. The van der Waals surface area contributed by atoms with Gasteiger partial charge in [0.2, 0.25) is 0 Å². The van der Waals surface area contributed by atoms with Crippen molar-refractivity contribution >= 4 is 28.3 Å². The molecule has 4 nitrogen and oxygen atoms in total. The standard InChI is InChI=1S/C25H26ClNO3/c1-2-30-23-13-12-19(26)15-22(23)24(27-14-6-9-18(16-27)25(28)29)21-11-5-8-17-7-3-4-10-20(17)21/h3-5,7-8,10-13,15,18,24H,2,6,9,14,16H2,1H3,(H,28,29). The van der Waals surface area contributed by atoms with Crippen LogP contribution in [-0.2, 0) is 4.79 Å². The van der Waals surface area contributed by atoms with Gasteiger partial charge in [-0.15, -0.1) is 0 Å². The number of piperidine rings is 1. The first-order valence-corrected chi connectivity index (χ1v) is 10.8. The van der Waals surface area contributed by atoms with Crippen molar-refractivity contribution in [1.82, 2.24) is 4.90 Å². The predicted molar refractivity (Wildman–Crippen MR) is 120 cm³/mol. The smallest absolute Gasteiger partial charge is 0.307 e. The first-order chi connectivity index (χ1) is 14.6. The topological polar surface area (TPSA) is 49.8 Å². The Morgan fingerprint density at radius 2 is 1.97 bits per heavy atom. The van der Waals surface area contributed by atoms with E-state index in [0.717, 1.165) is 40.6 Å². The van der Waals surface area contributed by atoms with Crippen LogP contribution >= 0.6 is 11.6 Å². The van der Waals surface area contributed by atoms with E-state index in [4.69, 9.17) is 16.3 Å². The zero-order chi connectivity index (χ0) is 21.1. The Hall–Kier alpha value is -2.56. The summed E-state index contributed by atoms with van der Waals surface area (Å²) in [5, 5.41) is 12.6. The van der Waals surface area contributed by atoms with Crippen molar-refractivity contribution in [1.29, 1.82) is 0 Å². The largest absolute Gasteiger partial charge is 0.494 e. The van der Waals surface area contributed by atoms with Gasteiger partial charge in [0.1, 0.15) is 5.75 Å². The summed E-state index contributed by atoms with van der Waals surface area (Å²) in [6.45, 7) is 3.85. The molecule has 3 aromatic rings. The van der Waals surface area contributed by atoms with E-state index in [-0.39, 0.29) is 12.0 Å². The third-order valence-electron chi connectivity index (χ3n) is 5.85. The first-order valence-electron chi connectivity index (χ1n) is 10.4. The molecule has 1 N–H and O–H groups in total. The molecular weight excluding hydrogens is 398 g/mol. The minimum absolute atomic E-state index is 0.140. The molecule has 4 rings (SSSR count). The number of carboxylic acids is 1. The monoisotopic (exact) mass is 423 g/mol. The van der Waals surface area contributed by atoms with Gasteiger partial charge in [-0.25, -0.2) is 0 Å². The van der Waals surface area contributed by atoms with Gasteiger partial charge < -0.3 is 9.84 Å². The van der Waals surface area contributed by atoms with Crippen molar-refractivity contribution in [2.45, 2.75) is 25.8 Å². The van der Waals surface area contributed by atoms with E-state index in [1.54, 1.807) is 0 Å². The number of rotatable bonds is 6. The number of aliphatic carboxylic acids is 1. The fourth-order valence-electron chi connectivity index (χ4n) is 4.51. The summed E-state index contributed by atoms with van der Waals surface area (Å²) >= 11 is 6.42. The highest BCUT2D eigenvalue weighted by Gasteiger charge is 2.33. The van der Waals surface area contributed by atoms with Gasteiger partial charge in [-0.1, -0.05) is 54.1 Å². The van der Waals surface area contributed by atoms with Crippen LogP contribution in [0, 0.1) is 5.92 Å². The lowest BCUT2D eigenvalue weighted by molar-refractivity contribution is -0.143. The molecule has 0 bridgehead atoms. The van der Waals surface area contributed by atoms with Crippen molar-refractivity contribution < 1.29 is 14.6 Å². The second-order valence-electron chi connectivity index (χ2n) is 7.76. The zero-order valence-electron chi connectivity index (χ0n) is 17.1. The molecule has 2 atom stereocenters. The number of carboxylic acid groups (broad SMARTS) is 1. The quantitative estimate of drug-likeness (QED) is 0.546. The van der Waals surface area contributed by atoms with Gasteiger partial charge in [0, 0.05) is 17.1 Å². The highest BCUT2D eigenvalue weighted by Crippen LogP contribution is 2.41. The van der Waals surface area contributed by atoms with Gasteiger partial charge in [0.15, 0.2) is 0 Å². The SMILES string of the molecule is CCOc1ccc(Cl)cc1C(c1cccc2ccccc12)N1CCCC(C(=O)O)C1. The summed E-state index contributed by atoms with van der Waals surface area (Å²) in [5.74, 6) is -0.310. The number of benzene rings is 3.